The van der Waals surface area contributed by atoms with Gasteiger partial charge >= 0.3 is 0 Å². The lowest BCUT2D eigenvalue weighted by molar-refractivity contribution is 0.0558. The molecule has 0 saturated carbocycles. The highest BCUT2D eigenvalue weighted by atomic mass is 16.5. The molecule has 0 N–H and O–H groups in total. The van der Waals surface area contributed by atoms with Crippen LogP contribution in [0.2, 0.25) is 0 Å². The normalized spacial score (nSPS) is 12.0. The molecule has 0 amide bonds. The number of hydrogen-bond acceptors (Lipinski definition) is 4. The fourth-order valence-corrected chi connectivity index (χ4v) is 2.29. The van der Waals surface area contributed by atoms with Crippen molar-refractivity contribution in [1.29, 1.82) is 0 Å². The molecule has 1 rings (SSSR count). The van der Waals surface area contributed by atoms with Crippen LogP contribution in [-0.2, 0) is 34.0 Å². The molecule has 1 aromatic rings. The van der Waals surface area contributed by atoms with Gasteiger partial charge < -0.3 is 18.9 Å². The van der Waals surface area contributed by atoms with Gasteiger partial charge in [-0.3, -0.25) is 0 Å². The van der Waals surface area contributed by atoms with Crippen LogP contribution in [0.4, 0.5) is 0 Å². The second-order valence-electron chi connectivity index (χ2n) is 7.49. The summed E-state index contributed by atoms with van der Waals surface area (Å²) in [7, 11) is 0. The zero-order valence-corrected chi connectivity index (χ0v) is 17.2. The van der Waals surface area contributed by atoms with Gasteiger partial charge in [-0.2, -0.15) is 0 Å². The molecule has 0 aliphatic heterocycles. The molecule has 25 heavy (non-hydrogen) atoms. The Labute approximate surface area is 153 Å². The molecule has 4 nitrogen and oxygen atoms in total. The number of rotatable bonds is 11. The number of hydrogen-bond donors (Lipinski definition) is 0. The average molecular weight is 353 g/mol. The van der Waals surface area contributed by atoms with E-state index in [1.54, 1.807) is 0 Å². The fourth-order valence-electron chi connectivity index (χ4n) is 2.29. The first kappa shape index (κ1) is 21.9. The molecule has 0 heterocycles. The van der Waals surface area contributed by atoms with Crippen LogP contribution in [0.25, 0.3) is 0 Å². The van der Waals surface area contributed by atoms with E-state index in [0.29, 0.717) is 19.8 Å². The monoisotopic (exact) mass is 352 g/mol. The fraction of sp³-hybridized carbons (Fsp3) is 0.714. The molecule has 4 heteroatoms. The summed E-state index contributed by atoms with van der Waals surface area (Å²) in [6.07, 6.45) is 0.612. The highest BCUT2D eigenvalue weighted by molar-refractivity contribution is 5.44. The molecule has 1 aromatic carbocycles. The molecule has 0 bridgehead atoms. The third-order valence-electron chi connectivity index (χ3n) is 3.38. The predicted molar refractivity (Wildman–Crippen MR) is 102 cm³/mol. The first-order chi connectivity index (χ1) is 11.7. The molecule has 0 aliphatic carbocycles. The zero-order valence-electron chi connectivity index (χ0n) is 17.2. The standard InChI is InChI=1S/C21H36O4/c1-14(2)22-11-18-9-19(12-23-15(3)4)21(25-17(7)8)20(10-18)13-24-16(5)6/h9-10,14-17H,11-13H2,1-8H3. The van der Waals surface area contributed by atoms with E-state index in [-0.39, 0.29) is 24.4 Å². The maximum atomic E-state index is 6.12. The van der Waals surface area contributed by atoms with Gasteiger partial charge in [0.2, 0.25) is 0 Å². The maximum absolute atomic E-state index is 6.12. The quantitative estimate of drug-likeness (QED) is 0.545. The van der Waals surface area contributed by atoms with Crippen molar-refractivity contribution < 1.29 is 18.9 Å². The van der Waals surface area contributed by atoms with Gasteiger partial charge in [0.15, 0.2) is 0 Å². The highest BCUT2D eigenvalue weighted by Crippen LogP contribution is 2.30. The molecule has 0 aliphatic rings. The van der Waals surface area contributed by atoms with Gasteiger partial charge in [-0.05, 0) is 73.1 Å². The summed E-state index contributed by atoms with van der Waals surface area (Å²) in [5, 5.41) is 0. The van der Waals surface area contributed by atoms with Crippen molar-refractivity contribution in [2.45, 2.75) is 99.6 Å². The lowest BCUT2D eigenvalue weighted by Crippen LogP contribution is -2.14. The van der Waals surface area contributed by atoms with Crippen LogP contribution in [-0.4, -0.2) is 24.4 Å². The van der Waals surface area contributed by atoms with Crippen LogP contribution in [0.3, 0.4) is 0 Å². The van der Waals surface area contributed by atoms with Crippen molar-refractivity contribution in [2.24, 2.45) is 0 Å². The van der Waals surface area contributed by atoms with E-state index in [2.05, 4.69) is 12.1 Å². The summed E-state index contributed by atoms with van der Waals surface area (Å²) >= 11 is 0. The Kier molecular flexibility index (Phi) is 9.47. The van der Waals surface area contributed by atoms with E-state index in [9.17, 15) is 0 Å². The van der Waals surface area contributed by atoms with Crippen LogP contribution in [0.15, 0.2) is 12.1 Å². The Morgan fingerprint density at radius 2 is 1.00 bits per heavy atom. The smallest absolute Gasteiger partial charge is 0.130 e. The first-order valence-corrected chi connectivity index (χ1v) is 9.35. The molecule has 0 spiro atoms. The van der Waals surface area contributed by atoms with E-state index < -0.39 is 0 Å². The van der Waals surface area contributed by atoms with Gasteiger partial charge in [0, 0.05) is 11.1 Å². The summed E-state index contributed by atoms with van der Waals surface area (Å²) in [6.45, 7) is 17.9. The molecule has 0 radical (unpaired) electrons. The minimum absolute atomic E-state index is 0.0911. The third-order valence-corrected chi connectivity index (χ3v) is 3.38. The Balaban J connectivity index is 3.19. The van der Waals surface area contributed by atoms with E-state index in [1.807, 2.05) is 55.4 Å². The second-order valence-corrected chi connectivity index (χ2v) is 7.49. The zero-order chi connectivity index (χ0) is 19.0. The van der Waals surface area contributed by atoms with E-state index in [1.165, 1.54) is 0 Å². The van der Waals surface area contributed by atoms with E-state index in [0.717, 1.165) is 22.4 Å². The van der Waals surface area contributed by atoms with Crippen molar-refractivity contribution in [3.63, 3.8) is 0 Å². The summed E-state index contributed by atoms with van der Waals surface area (Å²) in [6, 6.07) is 4.25. The Hall–Kier alpha value is -1.10. The van der Waals surface area contributed by atoms with Crippen LogP contribution in [0, 0.1) is 0 Å². The van der Waals surface area contributed by atoms with Crippen LogP contribution in [0.1, 0.15) is 72.1 Å². The molecular weight excluding hydrogens is 316 g/mol. The van der Waals surface area contributed by atoms with E-state index >= 15 is 0 Å². The molecule has 0 fully saturated rings. The Bertz CT molecular complexity index is 474. The van der Waals surface area contributed by atoms with Gasteiger partial charge in [-0.25, -0.2) is 0 Å². The minimum atomic E-state index is 0.0911. The van der Waals surface area contributed by atoms with Crippen molar-refractivity contribution in [2.75, 3.05) is 0 Å². The highest BCUT2D eigenvalue weighted by Gasteiger charge is 2.16. The predicted octanol–water partition coefficient (Wildman–Crippen LogP) is 5.25. The topological polar surface area (TPSA) is 36.9 Å². The lowest BCUT2D eigenvalue weighted by Gasteiger charge is -2.21. The Morgan fingerprint density at radius 3 is 1.36 bits per heavy atom. The van der Waals surface area contributed by atoms with Crippen molar-refractivity contribution in [3.05, 3.63) is 28.8 Å². The number of benzene rings is 1. The third kappa shape index (κ3) is 8.70. The number of ether oxygens (including phenoxy) is 4. The average Bonchev–Trinajstić information content (AvgIpc) is 2.49. The molecule has 0 saturated heterocycles. The van der Waals surface area contributed by atoms with Gasteiger partial charge in [0.05, 0.1) is 44.2 Å². The van der Waals surface area contributed by atoms with E-state index in [4.69, 9.17) is 18.9 Å². The summed E-state index contributed by atoms with van der Waals surface area (Å²) in [5.74, 6) is 0.879. The van der Waals surface area contributed by atoms with Gasteiger partial charge in [-0.15, -0.1) is 0 Å². The largest absolute Gasteiger partial charge is 0.490 e. The Morgan fingerprint density at radius 1 is 0.600 bits per heavy atom. The first-order valence-electron chi connectivity index (χ1n) is 9.35. The van der Waals surface area contributed by atoms with Crippen molar-refractivity contribution in [3.8, 4) is 5.75 Å². The van der Waals surface area contributed by atoms with Crippen LogP contribution < -0.4 is 4.74 Å². The molecule has 144 valence electrons. The van der Waals surface area contributed by atoms with Gasteiger partial charge in [0.1, 0.15) is 5.75 Å². The van der Waals surface area contributed by atoms with Crippen molar-refractivity contribution >= 4 is 0 Å². The van der Waals surface area contributed by atoms with Gasteiger partial charge in [0.25, 0.3) is 0 Å². The minimum Gasteiger partial charge on any atom is -0.490 e. The molecule has 0 atom stereocenters. The summed E-state index contributed by atoms with van der Waals surface area (Å²) < 4.78 is 23.6. The van der Waals surface area contributed by atoms with Crippen LogP contribution in [0.5, 0.6) is 5.75 Å². The molecule has 0 unspecified atom stereocenters. The van der Waals surface area contributed by atoms with Crippen LogP contribution >= 0.6 is 0 Å². The summed E-state index contributed by atoms with van der Waals surface area (Å²) in [4.78, 5) is 0. The SMILES string of the molecule is CC(C)OCc1cc(COC(C)C)c(OC(C)C)c(COC(C)C)c1. The second kappa shape index (κ2) is 10.8. The maximum Gasteiger partial charge on any atom is 0.130 e. The summed E-state index contributed by atoms with van der Waals surface area (Å²) in [5.41, 5.74) is 3.22. The lowest BCUT2D eigenvalue weighted by atomic mass is 10.0. The molecule has 0 aromatic heterocycles. The molecular formula is C21H36O4. The van der Waals surface area contributed by atoms with Gasteiger partial charge in [-0.1, -0.05) is 0 Å². The van der Waals surface area contributed by atoms with Crippen molar-refractivity contribution in [1.82, 2.24) is 0 Å².